The van der Waals surface area contributed by atoms with Crippen molar-refractivity contribution in [1.29, 1.82) is 0 Å². The molecule has 1 fully saturated rings. The lowest BCUT2D eigenvalue weighted by Crippen LogP contribution is -2.33. The van der Waals surface area contributed by atoms with Gasteiger partial charge in [0.15, 0.2) is 0 Å². The minimum absolute atomic E-state index is 0.0222. The summed E-state index contributed by atoms with van der Waals surface area (Å²) in [5.74, 6) is -0.476. The SMILES string of the molecule is CC(O)c1ccccc1NC(=O)C1CC(=O)N(C(C)C)C1. The van der Waals surface area contributed by atoms with Crippen LogP contribution in [0.2, 0.25) is 0 Å². The molecule has 21 heavy (non-hydrogen) atoms. The number of rotatable bonds is 4. The van der Waals surface area contributed by atoms with Gasteiger partial charge in [-0.1, -0.05) is 18.2 Å². The molecule has 0 saturated carbocycles. The van der Waals surface area contributed by atoms with E-state index in [1.165, 1.54) is 0 Å². The topological polar surface area (TPSA) is 69.6 Å². The third kappa shape index (κ3) is 3.42. The Balaban J connectivity index is 2.08. The summed E-state index contributed by atoms with van der Waals surface area (Å²) in [6, 6.07) is 7.27. The molecule has 5 heteroatoms. The number of carbonyl (C=O) groups is 2. The first-order valence-corrected chi connectivity index (χ1v) is 7.27. The maximum Gasteiger partial charge on any atom is 0.229 e. The number of carbonyl (C=O) groups excluding carboxylic acids is 2. The zero-order valence-corrected chi connectivity index (χ0v) is 12.7. The minimum Gasteiger partial charge on any atom is -0.389 e. The quantitative estimate of drug-likeness (QED) is 0.890. The van der Waals surface area contributed by atoms with Crippen LogP contribution in [-0.2, 0) is 9.59 Å². The van der Waals surface area contributed by atoms with E-state index in [9.17, 15) is 14.7 Å². The van der Waals surface area contributed by atoms with E-state index in [2.05, 4.69) is 5.32 Å². The van der Waals surface area contributed by atoms with E-state index < -0.39 is 6.10 Å². The van der Waals surface area contributed by atoms with Crippen LogP contribution in [-0.4, -0.2) is 34.4 Å². The Morgan fingerprint density at radius 2 is 2.00 bits per heavy atom. The normalized spacial score (nSPS) is 20.0. The lowest BCUT2D eigenvalue weighted by atomic mass is 10.1. The number of nitrogens with zero attached hydrogens (tertiary/aromatic N) is 1. The van der Waals surface area contributed by atoms with E-state index in [1.807, 2.05) is 26.0 Å². The van der Waals surface area contributed by atoms with Crippen LogP contribution >= 0.6 is 0 Å². The van der Waals surface area contributed by atoms with Gasteiger partial charge in [-0.3, -0.25) is 9.59 Å². The minimum atomic E-state index is -0.654. The molecule has 1 aliphatic heterocycles. The van der Waals surface area contributed by atoms with Gasteiger partial charge in [0.1, 0.15) is 0 Å². The smallest absolute Gasteiger partial charge is 0.229 e. The average Bonchev–Trinajstić information content (AvgIpc) is 2.81. The van der Waals surface area contributed by atoms with Gasteiger partial charge in [-0.2, -0.15) is 0 Å². The molecule has 2 amide bonds. The Hall–Kier alpha value is -1.88. The molecule has 1 heterocycles. The second-order valence-corrected chi connectivity index (χ2v) is 5.79. The first-order valence-electron chi connectivity index (χ1n) is 7.27. The number of para-hydroxylation sites is 1. The molecule has 0 radical (unpaired) electrons. The van der Waals surface area contributed by atoms with Gasteiger partial charge in [0.25, 0.3) is 0 Å². The predicted octanol–water partition coefficient (Wildman–Crippen LogP) is 1.94. The van der Waals surface area contributed by atoms with Gasteiger partial charge in [-0.05, 0) is 26.8 Å². The highest BCUT2D eigenvalue weighted by molar-refractivity contribution is 5.97. The third-order valence-corrected chi connectivity index (χ3v) is 3.82. The summed E-state index contributed by atoms with van der Waals surface area (Å²) in [7, 11) is 0. The van der Waals surface area contributed by atoms with E-state index in [1.54, 1.807) is 24.0 Å². The maximum absolute atomic E-state index is 12.3. The highest BCUT2D eigenvalue weighted by atomic mass is 16.3. The van der Waals surface area contributed by atoms with Crippen LogP contribution in [0.25, 0.3) is 0 Å². The molecule has 2 rings (SSSR count). The van der Waals surface area contributed by atoms with Crippen molar-refractivity contribution in [3.8, 4) is 0 Å². The summed E-state index contributed by atoms with van der Waals surface area (Å²) in [5.41, 5.74) is 1.28. The van der Waals surface area contributed by atoms with E-state index in [-0.39, 0.29) is 30.2 Å². The molecule has 0 aliphatic carbocycles. The van der Waals surface area contributed by atoms with Crippen molar-refractivity contribution in [1.82, 2.24) is 4.90 Å². The predicted molar refractivity (Wildman–Crippen MR) is 80.7 cm³/mol. The summed E-state index contributed by atoms with van der Waals surface area (Å²) >= 11 is 0. The molecule has 0 bridgehead atoms. The number of amides is 2. The molecule has 2 unspecified atom stereocenters. The third-order valence-electron chi connectivity index (χ3n) is 3.82. The van der Waals surface area contributed by atoms with Crippen LogP contribution in [0.5, 0.6) is 0 Å². The summed E-state index contributed by atoms with van der Waals surface area (Å²) in [4.78, 5) is 25.9. The number of likely N-dealkylation sites (tertiary alicyclic amines) is 1. The van der Waals surface area contributed by atoms with Gasteiger partial charge in [-0.25, -0.2) is 0 Å². The van der Waals surface area contributed by atoms with Crippen molar-refractivity contribution in [2.75, 3.05) is 11.9 Å². The second-order valence-electron chi connectivity index (χ2n) is 5.79. The fourth-order valence-electron chi connectivity index (χ4n) is 2.62. The van der Waals surface area contributed by atoms with Gasteiger partial charge < -0.3 is 15.3 Å². The molecule has 1 aromatic carbocycles. The number of aliphatic hydroxyl groups excluding tert-OH is 1. The molecule has 2 atom stereocenters. The van der Waals surface area contributed by atoms with Crippen LogP contribution in [0.4, 0.5) is 5.69 Å². The Kier molecular flexibility index (Phi) is 4.63. The van der Waals surface area contributed by atoms with Crippen molar-refractivity contribution in [3.05, 3.63) is 29.8 Å². The zero-order chi connectivity index (χ0) is 15.6. The molecule has 1 aliphatic rings. The molecule has 0 spiro atoms. The Labute approximate surface area is 125 Å². The van der Waals surface area contributed by atoms with Crippen LogP contribution < -0.4 is 5.32 Å². The number of hydrogen-bond acceptors (Lipinski definition) is 3. The van der Waals surface area contributed by atoms with Gasteiger partial charge in [0.2, 0.25) is 11.8 Å². The molecular weight excluding hydrogens is 268 g/mol. The first-order chi connectivity index (χ1) is 9.90. The number of nitrogens with one attached hydrogen (secondary N) is 1. The highest BCUT2D eigenvalue weighted by Crippen LogP contribution is 2.25. The zero-order valence-electron chi connectivity index (χ0n) is 12.7. The molecule has 114 valence electrons. The second kappa shape index (κ2) is 6.26. The van der Waals surface area contributed by atoms with Gasteiger partial charge in [0, 0.05) is 30.3 Å². The van der Waals surface area contributed by atoms with Crippen molar-refractivity contribution in [2.45, 2.75) is 39.3 Å². The van der Waals surface area contributed by atoms with Crippen molar-refractivity contribution in [3.63, 3.8) is 0 Å². The number of aliphatic hydroxyl groups is 1. The van der Waals surface area contributed by atoms with Gasteiger partial charge in [-0.15, -0.1) is 0 Å². The number of anilines is 1. The van der Waals surface area contributed by atoms with E-state index >= 15 is 0 Å². The molecule has 0 aromatic heterocycles. The number of hydrogen-bond donors (Lipinski definition) is 2. The van der Waals surface area contributed by atoms with E-state index in [0.717, 1.165) is 0 Å². The fraction of sp³-hybridized carbons (Fsp3) is 0.500. The lowest BCUT2D eigenvalue weighted by molar-refractivity contribution is -0.129. The van der Waals surface area contributed by atoms with E-state index in [4.69, 9.17) is 0 Å². The Bertz CT molecular complexity index is 540. The Morgan fingerprint density at radius 1 is 1.33 bits per heavy atom. The summed E-state index contributed by atoms with van der Waals surface area (Å²) in [6.45, 7) is 6.01. The molecule has 1 saturated heterocycles. The molecule has 2 N–H and O–H groups in total. The van der Waals surface area contributed by atoms with Gasteiger partial charge >= 0.3 is 0 Å². The summed E-state index contributed by atoms with van der Waals surface area (Å²) in [5, 5.41) is 12.6. The number of benzene rings is 1. The van der Waals surface area contributed by atoms with Crippen LogP contribution in [0.1, 0.15) is 38.9 Å². The van der Waals surface area contributed by atoms with Crippen LogP contribution in [0.3, 0.4) is 0 Å². The van der Waals surface area contributed by atoms with Crippen molar-refractivity contribution < 1.29 is 14.7 Å². The highest BCUT2D eigenvalue weighted by Gasteiger charge is 2.35. The van der Waals surface area contributed by atoms with Crippen molar-refractivity contribution in [2.24, 2.45) is 5.92 Å². The van der Waals surface area contributed by atoms with Gasteiger partial charge in [0.05, 0.1) is 12.0 Å². The molecular formula is C16H22N2O3. The van der Waals surface area contributed by atoms with Crippen LogP contribution in [0.15, 0.2) is 24.3 Å². The Morgan fingerprint density at radius 3 is 2.57 bits per heavy atom. The first kappa shape index (κ1) is 15.5. The average molecular weight is 290 g/mol. The molecule has 1 aromatic rings. The summed E-state index contributed by atoms with van der Waals surface area (Å²) < 4.78 is 0. The molecule has 5 nitrogen and oxygen atoms in total. The van der Waals surface area contributed by atoms with Crippen molar-refractivity contribution >= 4 is 17.5 Å². The largest absolute Gasteiger partial charge is 0.389 e. The van der Waals surface area contributed by atoms with E-state index in [0.29, 0.717) is 17.8 Å². The monoisotopic (exact) mass is 290 g/mol. The lowest BCUT2D eigenvalue weighted by Gasteiger charge is -2.21. The fourth-order valence-corrected chi connectivity index (χ4v) is 2.62. The standard InChI is InChI=1S/C16H22N2O3/c1-10(2)18-9-12(8-15(18)20)16(21)17-14-7-5-4-6-13(14)11(3)19/h4-7,10-12,19H,8-9H2,1-3H3,(H,17,21). The maximum atomic E-state index is 12.3. The van der Waals surface area contributed by atoms with Crippen LogP contribution in [0, 0.1) is 5.92 Å². The summed E-state index contributed by atoms with van der Waals surface area (Å²) in [6.07, 6.45) is -0.403.